The van der Waals surface area contributed by atoms with E-state index in [0.29, 0.717) is 5.56 Å². The quantitative estimate of drug-likeness (QED) is 0.665. The number of carbonyl (C=O) groups excluding carboxylic acids is 1. The minimum absolute atomic E-state index is 0.0138. The summed E-state index contributed by atoms with van der Waals surface area (Å²) in [6, 6.07) is 8.46. The van der Waals surface area contributed by atoms with Crippen LogP contribution in [0.4, 0.5) is 4.39 Å². The van der Waals surface area contributed by atoms with Gasteiger partial charge < -0.3 is 15.9 Å². The van der Waals surface area contributed by atoms with Crippen LogP contribution < -0.4 is 5.73 Å². The predicted octanol–water partition coefficient (Wildman–Crippen LogP) is 2.71. The van der Waals surface area contributed by atoms with Gasteiger partial charge in [0, 0.05) is 6.07 Å². The number of primary amides is 1. The van der Waals surface area contributed by atoms with Gasteiger partial charge in [0.2, 0.25) is 5.82 Å². The second-order valence-corrected chi connectivity index (χ2v) is 6.08. The van der Waals surface area contributed by atoms with Gasteiger partial charge in [-0.3, -0.25) is 9.36 Å². The summed E-state index contributed by atoms with van der Waals surface area (Å²) >= 11 is 0. The van der Waals surface area contributed by atoms with E-state index in [1.165, 1.54) is 30.3 Å². The lowest BCUT2D eigenvalue weighted by molar-refractivity contribution is 0.0988. The lowest BCUT2D eigenvalue weighted by Gasteiger charge is -2.14. The van der Waals surface area contributed by atoms with Crippen molar-refractivity contribution in [3.8, 4) is 28.6 Å². The number of benzene rings is 2. The molecule has 0 radical (unpaired) electrons. The largest absolute Gasteiger partial charge is 0.508 e. The van der Waals surface area contributed by atoms with Crippen LogP contribution in [-0.2, 0) is 0 Å². The van der Waals surface area contributed by atoms with E-state index in [2.05, 4.69) is 10.2 Å². The molecule has 4 N–H and O–H groups in total. The summed E-state index contributed by atoms with van der Waals surface area (Å²) < 4.78 is 15.5. The highest BCUT2D eigenvalue weighted by Gasteiger charge is 2.24. The van der Waals surface area contributed by atoms with Crippen LogP contribution in [0.25, 0.3) is 17.1 Å². The molecule has 1 heterocycles. The summed E-state index contributed by atoms with van der Waals surface area (Å²) in [4.78, 5) is 11.7. The smallest absolute Gasteiger partial charge is 0.287 e. The van der Waals surface area contributed by atoms with Crippen molar-refractivity contribution >= 4 is 5.91 Å². The summed E-state index contributed by atoms with van der Waals surface area (Å²) in [7, 11) is 0. The van der Waals surface area contributed by atoms with Gasteiger partial charge in [-0.15, -0.1) is 10.2 Å². The normalized spacial score (nSPS) is 11.1. The topological polar surface area (TPSA) is 114 Å². The first-order chi connectivity index (χ1) is 12.3. The van der Waals surface area contributed by atoms with Crippen LogP contribution in [0.15, 0.2) is 36.4 Å². The molecule has 0 atom stereocenters. The number of aromatic nitrogens is 3. The lowest BCUT2D eigenvalue weighted by atomic mass is 9.98. The first-order valence-electron chi connectivity index (χ1n) is 7.87. The molecule has 1 amide bonds. The van der Waals surface area contributed by atoms with Crippen LogP contribution in [0.2, 0.25) is 0 Å². The zero-order valence-electron chi connectivity index (χ0n) is 14.1. The van der Waals surface area contributed by atoms with E-state index in [0.717, 1.165) is 4.57 Å². The van der Waals surface area contributed by atoms with Crippen molar-refractivity contribution in [2.75, 3.05) is 0 Å². The molecule has 0 saturated heterocycles. The van der Waals surface area contributed by atoms with E-state index in [1.54, 1.807) is 6.07 Å². The summed E-state index contributed by atoms with van der Waals surface area (Å²) in [6.45, 7) is 3.73. The van der Waals surface area contributed by atoms with E-state index in [-0.39, 0.29) is 40.3 Å². The van der Waals surface area contributed by atoms with Gasteiger partial charge >= 0.3 is 0 Å². The van der Waals surface area contributed by atoms with Gasteiger partial charge in [0.25, 0.3) is 5.91 Å². The van der Waals surface area contributed by atoms with Crippen molar-refractivity contribution in [1.82, 2.24) is 14.8 Å². The highest BCUT2D eigenvalue weighted by atomic mass is 19.1. The van der Waals surface area contributed by atoms with Crippen LogP contribution in [0.3, 0.4) is 0 Å². The molecule has 0 spiro atoms. The number of aromatic hydroxyl groups is 2. The molecule has 134 valence electrons. The Bertz CT molecular complexity index is 998. The SMILES string of the molecule is CC(C)c1cc(-c2nnc(C(N)=O)n2-c2ccccc2F)c(O)cc1O. The highest BCUT2D eigenvalue weighted by Crippen LogP contribution is 2.38. The summed E-state index contributed by atoms with van der Waals surface area (Å²) in [6.07, 6.45) is 0. The highest BCUT2D eigenvalue weighted by molar-refractivity contribution is 5.91. The standard InChI is InChI=1S/C18H17FN4O3/c1-9(2)10-7-11(15(25)8-14(10)24)17-21-22-18(16(20)26)23(17)13-6-4-3-5-12(13)19/h3-9,24-25H,1-2H3,(H2,20,26). The van der Waals surface area contributed by atoms with Crippen molar-refractivity contribution in [2.24, 2.45) is 5.73 Å². The number of hydrogen-bond acceptors (Lipinski definition) is 5. The zero-order chi connectivity index (χ0) is 19.0. The number of phenols is 2. The average molecular weight is 356 g/mol. The molecule has 0 saturated carbocycles. The Labute approximate surface area is 148 Å². The Morgan fingerprint density at radius 1 is 1.15 bits per heavy atom. The molecule has 26 heavy (non-hydrogen) atoms. The maximum atomic E-state index is 14.3. The molecule has 7 nitrogen and oxygen atoms in total. The molecule has 0 aliphatic rings. The maximum Gasteiger partial charge on any atom is 0.287 e. The van der Waals surface area contributed by atoms with Gasteiger partial charge in [-0.05, 0) is 29.7 Å². The number of halogens is 1. The second-order valence-electron chi connectivity index (χ2n) is 6.08. The Kier molecular flexibility index (Phi) is 4.33. The molecule has 8 heteroatoms. The number of nitrogens with zero attached hydrogens (tertiary/aromatic N) is 3. The van der Waals surface area contributed by atoms with E-state index in [1.807, 2.05) is 13.8 Å². The average Bonchev–Trinajstić information content (AvgIpc) is 2.99. The van der Waals surface area contributed by atoms with Gasteiger partial charge in [0.15, 0.2) is 5.82 Å². The van der Waals surface area contributed by atoms with Crippen molar-refractivity contribution < 1.29 is 19.4 Å². The molecule has 0 aliphatic heterocycles. The number of amides is 1. The fraction of sp³-hybridized carbons (Fsp3) is 0.167. The van der Waals surface area contributed by atoms with Gasteiger partial charge in [0.05, 0.1) is 11.3 Å². The fourth-order valence-electron chi connectivity index (χ4n) is 2.72. The van der Waals surface area contributed by atoms with Crippen LogP contribution in [0.5, 0.6) is 11.5 Å². The van der Waals surface area contributed by atoms with E-state index in [9.17, 15) is 19.4 Å². The Balaban J connectivity index is 2.33. The van der Waals surface area contributed by atoms with Gasteiger partial charge in [-0.2, -0.15) is 0 Å². The van der Waals surface area contributed by atoms with Crippen molar-refractivity contribution in [1.29, 1.82) is 0 Å². The van der Waals surface area contributed by atoms with Gasteiger partial charge in [-0.1, -0.05) is 26.0 Å². The fourth-order valence-corrected chi connectivity index (χ4v) is 2.72. The second kappa shape index (κ2) is 6.47. The zero-order valence-corrected chi connectivity index (χ0v) is 14.1. The molecule has 1 aromatic heterocycles. The van der Waals surface area contributed by atoms with E-state index in [4.69, 9.17) is 5.73 Å². The van der Waals surface area contributed by atoms with E-state index < -0.39 is 11.7 Å². The Hall–Kier alpha value is -3.42. The van der Waals surface area contributed by atoms with E-state index >= 15 is 0 Å². The molecule has 0 fully saturated rings. The first-order valence-corrected chi connectivity index (χ1v) is 7.87. The Morgan fingerprint density at radius 3 is 2.46 bits per heavy atom. The predicted molar refractivity (Wildman–Crippen MR) is 92.7 cm³/mol. The van der Waals surface area contributed by atoms with Crippen LogP contribution in [0, 0.1) is 5.82 Å². The molecular weight excluding hydrogens is 339 g/mol. The van der Waals surface area contributed by atoms with Crippen molar-refractivity contribution in [3.63, 3.8) is 0 Å². The third-order valence-corrected chi connectivity index (χ3v) is 3.98. The summed E-state index contributed by atoms with van der Waals surface area (Å²) in [5.74, 6) is -2.16. The monoisotopic (exact) mass is 356 g/mol. The number of nitrogens with two attached hydrogens (primary N) is 1. The third kappa shape index (κ3) is 2.85. The number of para-hydroxylation sites is 1. The number of rotatable bonds is 4. The number of hydrogen-bond donors (Lipinski definition) is 3. The number of carbonyl (C=O) groups is 1. The number of phenolic OH excluding ortho intramolecular Hbond substituents is 2. The molecule has 0 unspecified atom stereocenters. The molecule has 0 bridgehead atoms. The minimum atomic E-state index is -0.894. The molecule has 3 aromatic rings. The molecule has 3 rings (SSSR count). The third-order valence-electron chi connectivity index (χ3n) is 3.98. The van der Waals surface area contributed by atoms with Crippen LogP contribution >= 0.6 is 0 Å². The molecule has 2 aromatic carbocycles. The van der Waals surface area contributed by atoms with Crippen LogP contribution in [-0.4, -0.2) is 30.9 Å². The van der Waals surface area contributed by atoms with Gasteiger partial charge in [0.1, 0.15) is 17.3 Å². The molecule has 0 aliphatic carbocycles. The van der Waals surface area contributed by atoms with Crippen molar-refractivity contribution in [3.05, 3.63) is 53.6 Å². The Morgan fingerprint density at radius 2 is 1.85 bits per heavy atom. The molecular formula is C18H17FN4O3. The van der Waals surface area contributed by atoms with Gasteiger partial charge in [-0.25, -0.2) is 4.39 Å². The summed E-state index contributed by atoms with van der Waals surface area (Å²) in [5.41, 5.74) is 6.11. The minimum Gasteiger partial charge on any atom is -0.508 e. The lowest BCUT2D eigenvalue weighted by Crippen LogP contribution is -2.18. The maximum absolute atomic E-state index is 14.3. The van der Waals surface area contributed by atoms with Crippen LogP contribution in [0.1, 0.15) is 35.9 Å². The summed E-state index contributed by atoms with van der Waals surface area (Å²) in [5, 5.41) is 28.0. The van der Waals surface area contributed by atoms with Crippen molar-refractivity contribution in [2.45, 2.75) is 19.8 Å². The first kappa shape index (κ1) is 17.4.